The molecule has 0 aromatic heterocycles. The van der Waals surface area contributed by atoms with Crippen LogP contribution >= 0.6 is 0 Å². The number of aryl methyl sites for hydroxylation is 1. The zero-order valence-corrected chi connectivity index (χ0v) is 7.70. The maximum atomic E-state index is 10.6. The van der Waals surface area contributed by atoms with Crippen LogP contribution < -0.4 is 4.74 Å². The molecule has 0 bridgehead atoms. The number of methoxy groups -OCH3 is 1. The maximum absolute atomic E-state index is 10.6. The average Bonchev–Trinajstić information content (AvgIpc) is 2.17. The molecule has 0 aliphatic carbocycles. The number of phenols is 1. The summed E-state index contributed by atoms with van der Waals surface area (Å²) in [5.41, 5.74) is 1.39. The predicted octanol–water partition coefficient (Wildman–Crippen LogP) is 1.78. The van der Waals surface area contributed by atoms with Gasteiger partial charge in [0, 0.05) is 5.56 Å². The highest BCUT2D eigenvalue weighted by atomic mass is 16.5. The van der Waals surface area contributed by atoms with Crippen molar-refractivity contribution >= 4 is 6.29 Å². The van der Waals surface area contributed by atoms with Crippen molar-refractivity contribution in [2.75, 3.05) is 7.11 Å². The zero-order valence-electron chi connectivity index (χ0n) is 7.70. The van der Waals surface area contributed by atoms with Crippen LogP contribution in [0.3, 0.4) is 0 Å². The Morgan fingerprint density at radius 1 is 1.54 bits per heavy atom. The van der Waals surface area contributed by atoms with Gasteiger partial charge >= 0.3 is 0 Å². The summed E-state index contributed by atoms with van der Waals surface area (Å²) >= 11 is 0. The second-order valence-corrected chi connectivity index (χ2v) is 2.69. The van der Waals surface area contributed by atoms with E-state index in [1.165, 1.54) is 7.11 Å². The van der Waals surface area contributed by atoms with Gasteiger partial charge < -0.3 is 9.84 Å². The number of aldehydes is 1. The maximum Gasteiger partial charge on any atom is 0.161 e. The molecule has 70 valence electrons. The lowest BCUT2D eigenvalue weighted by molar-refractivity contribution is 0.112. The molecule has 0 saturated heterocycles. The Hall–Kier alpha value is -1.51. The van der Waals surface area contributed by atoms with Crippen LogP contribution in [0.1, 0.15) is 22.8 Å². The van der Waals surface area contributed by atoms with Gasteiger partial charge in [0.2, 0.25) is 0 Å². The van der Waals surface area contributed by atoms with Gasteiger partial charge in [0.25, 0.3) is 0 Å². The van der Waals surface area contributed by atoms with Crippen molar-refractivity contribution < 1.29 is 14.6 Å². The Morgan fingerprint density at radius 2 is 2.23 bits per heavy atom. The minimum atomic E-state index is 0.0740. The molecule has 0 saturated carbocycles. The van der Waals surface area contributed by atoms with Crippen molar-refractivity contribution in [1.29, 1.82) is 0 Å². The second kappa shape index (κ2) is 3.94. The molecule has 1 aromatic rings. The van der Waals surface area contributed by atoms with Crippen LogP contribution in [-0.4, -0.2) is 18.5 Å². The lowest BCUT2D eigenvalue weighted by Gasteiger charge is -2.07. The summed E-state index contributed by atoms with van der Waals surface area (Å²) in [7, 11) is 1.45. The summed E-state index contributed by atoms with van der Waals surface area (Å²) in [6.45, 7) is 1.92. The van der Waals surface area contributed by atoms with Crippen molar-refractivity contribution in [3.63, 3.8) is 0 Å². The Morgan fingerprint density at radius 3 is 2.69 bits per heavy atom. The third-order valence-electron chi connectivity index (χ3n) is 1.95. The van der Waals surface area contributed by atoms with E-state index in [1.807, 2.05) is 6.92 Å². The first-order chi connectivity index (χ1) is 6.22. The average molecular weight is 180 g/mol. The SMILES string of the molecule is CCc1cc(O)c(OC)cc1C=O. The van der Waals surface area contributed by atoms with Gasteiger partial charge in [0.05, 0.1) is 7.11 Å². The number of carbonyl (C=O) groups is 1. The van der Waals surface area contributed by atoms with Crippen LogP contribution in [0.4, 0.5) is 0 Å². The molecular formula is C10H12O3. The number of benzene rings is 1. The van der Waals surface area contributed by atoms with Crippen molar-refractivity contribution in [2.24, 2.45) is 0 Å². The molecule has 13 heavy (non-hydrogen) atoms. The predicted molar refractivity (Wildman–Crippen MR) is 49.4 cm³/mol. The molecule has 1 N–H and O–H groups in total. The normalized spacial score (nSPS) is 9.69. The van der Waals surface area contributed by atoms with Gasteiger partial charge in [-0.25, -0.2) is 0 Å². The minimum Gasteiger partial charge on any atom is -0.504 e. The summed E-state index contributed by atoms with van der Waals surface area (Å²) in [6.07, 6.45) is 1.48. The van der Waals surface area contributed by atoms with Gasteiger partial charge in [-0.1, -0.05) is 6.92 Å². The van der Waals surface area contributed by atoms with Crippen LogP contribution in [0.15, 0.2) is 12.1 Å². The third-order valence-corrected chi connectivity index (χ3v) is 1.95. The highest BCUT2D eigenvalue weighted by Gasteiger charge is 2.07. The highest BCUT2D eigenvalue weighted by Crippen LogP contribution is 2.28. The molecule has 3 nitrogen and oxygen atoms in total. The standard InChI is InChI=1S/C10H12O3/c1-3-7-4-9(12)10(13-2)5-8(7)6-11/h4-6,12H,3H2,1-2H3. The van der Waals surface area contributed by atoms with Crippen LogP contribution in [0.2, 0.25) is 0 Å². The number of rotatable bonds is 3. The highest BCUT2D eigenvalue weighted by molar-refractivity contribution is 5.79. The summed E-state index contributed by atoms with van der Waals surface area (Å²) in [5, 5.41) is 9.40. The van der Waals surface area contributed by atoms with E-state index in [-0.39, 0.29) is 5.75 Å². The lowest BCUT2D eigenvalue weighted by atomic mass is 10.1. The summed E-state index contributed by atoms with van der Waals surface area (Å²) in [5.74, 6) is 0.407. The topological polar surface area (TPSA) is 46.5 Å². The van der Waals surface area contributed by atoms with Crippen molar-refractivity contribution in [3.05, 3.63) is 23.3 Å². The first-order valence-electron chi connectivity index (χ1n) is 4.08. The van der Waals surface area contributed by atoms with Gasteiger partial charge in [-0.3, -0.25) is 4.79 Å². The zero-order chi connectivity index (χ0) is 9.84. The number of phenolic OH excluding ortho intramolecular Hbond substituents is 1. The van der Waals surface area contributed by atoms with Gasteiger partial charge in [0.15, 0.2) is 11.5 Å². The Labute approximate surface area is 77.0 Å². The summed E-state index contributed by atoms with van der Waals surface area (Å²) < 4.78 is 4.88. The quantitative estimate of drug-likeness (QED) is 0.721. The molecule has 0 heterocycles. The largest absolute Gasteiger partial charge is 0.504 e. The Balaban J connectivity index is 3.26. The third kappa shape index (κ3) is 1.80. The molecule has 3 heteroatoms. The fourth-order valence-electron chi connectivity index (χ4n) is 1.21. The van der Waals surface area contributed by atoms with Gasteiger partial charge in [-0.2, -0.15) is 0 Å². The first kappa shape index (κ1) is 9.58. The molecule has 1 aromatic carbocycles. The van der Waals surface area contributed by atoms with Crippen LogP contribution in [0, 0.1) is 0 Å². The van der Waals surface area contributed by atoms with Crippen LogP contribution in [0.5, 0.6) is 11.5 Å². The van der Waals surface area contributed by atoms with Gasteiger partial charge in [-0.05, 0) is 24.1 Å². The Kier molecular flexibility index (Phi) is 2.90. The van der Waals surface area contributed by atoms with Crippen molar-refractivity contribution in [3.8, 4) is 11.5 Å². The molecule has 0 fully saturated rings. The number of hydrogen-bond donors (Lipinski definition) is 1. The van der Waals surface area contributed by atoms with E-state index >= 15 is 0 Å². The number of aromatic hydroxyl groups is 1. The van der Waals surface area contributed by atoms with E-state index in [2.05, 4.69) is 0 Å². The fourth-order valence-corrected chi connectivity index (χ4v) is 1.21. The second-order valence-electron chi connectivity index (χ2n) is 2.69. The van der Waals surface area contributed by atoms with Gasteiger partial charge in [-0.15, -0.1) is 0 Å². The molecule has 0 atom stereocenters. The van der Waals surface area contributed by atoms with Crippen molar-refractivity contribution in [1.82, 2.24) is 0 Å². The lowest BCUT2D eigenvalue weighted by Crippen LogP contribution is -1.93. The molecule has 0 aliphatic rings. The minimum absolute atomic E-state index is 0.0740. The smallest absolute Gasteiger partial charge is 0.161 e. The van der Waals surface area contributed by atoms with E-state index in [0.29, 0.717) is 17.7 Å². The summed E-state index contributed by atoms with van der Waals surface area (Å²) in [4.78, 5) is 10.6. The van der Waals surface area contributed by atoms with E-state index in [1.54, 1.807) is 12.1 Å². The van der Waals surface area contributed by atoms with E-state index < -0.39 is 0 Å². The number of ether oxygens (including phenoxy) is 1. The number of hydrogen-bond acceptors (Lipinski definition) is 3. The van der Waals surface area contributed by atoms with E-state index in [9.17, 15) is 9.90 Å². The van der Waals surface area contributed by atoms with Gasteiger partial charge in [0.1, 0.15) is 6.29 Å². The summed E-state index contributed by atoms with van der Waals surface area (Å²) in [6, 6.07) is 3.10. The monoisotopic (exact) mass is 180 g/mol. The van der Waals surface area contributed by atoms with Crippen LogP contribution in [0.25, 0.3) is 0 Å². The van der Waals surface area contributed by atoms with E-state index in [4.69, 9.17) is 4.74 Å². The molecule has 0 radical (unpaired) electrons. The molecule has 0 amide bonds. The Bertz CT molecular complexity index is 318. The number of carbonyl (C=O) groups excluding carboxylic acids is 1. The van der Waals surface area contributed by atoms with E-state index in [0.717, 1.165) is 11.8 Å². The molecule has 0 aliphatic heterocycles. The molecule has 0 unspecified atom stereocenters. The molecule has 1 rings (SSSR count). The fraction of sp³-hybridized carbons (Fsp3) is 0.300. The first-order valence-corrected chi connectivity index (χ1v) is 4.08. The van der Waals surface area contributed by atoms with Crippen LogP contribution in [-0.2, 0) is 6.42 Å². The molecular weight excluding hydrogens is 168 g/mol. The molecule has 0 spiro atoms. The van der Waals surface area contributed by atoms with Crippen molar-refractivity contribution in [2.45, 2.75) is 13.3 Å².